The maximum Gasteiger partial charge on any atom is 0.255 e. The van der Waals surface area contributed by atoms with Crippen LogP contribution in [-0.2, 0) is 0 Å². The fourth-order valence-electron chi connectivity index (χ4n) is 3.62. The SMILES string of the molecule is CCCNC(=O)c1ccc(Nc2cc(Nc3ccc4ncsc4c3)ncc2C(=O)NCC(F)C(C)(C)O)cc1. The first-order chi connectivity index (χ1) is 18.6. The van der Waals surface area contributed by atoms with Crippen molar-refractivity contribution in [1.29, 1.82) is 0 Å². The van der Waals surface area contributed by atoms with Gasteiger partial charge in [0.15, 0.2) is 0 Å². The van der Waals surface area contributed by atoms with Gasteiger partial charge in [0.05, 0.1) is 39.1 Å². The predicted octanol–water partition coefficient (Wildman–Crippen LogP) is 5.16. The van der Waals surface area contributed by atoms with Crippen LogP contribution in [0.1, 0.15) is 47.9 Å². The number of hydrogen-bond acceptors (Lipinski definition) is 8. The van der Waals surface area contributed by atoms with Gasteiger partial charge in [-0.2, -0.15) is 0 Å². The number of carbonyl (C=O) groups is 2. The third-order valence-corrected chi connectivity index (χ3v) is 6.71. The van der Waals surface area contributed by atoms with Gasteiger partial charge in [0.2, 0.25) is 0 Å². The van der Waals surface area contributed by atoms with Crippen LogP contribution in [0.2, 0.25) is 0 Å². The molecule has 4 aromatic rings. The molecule has 1 atom stereocenters. The van der Waals surface area contributed by atoms with E-state index in [1.54, 1.807) is 35.8 Å². The smallest absolute Gasteiger partial charge is 0.255 e. The van der Waals surface area contributed by atoms with Crippen molar-refractivity contribution >= 4 is 56.2 Å². The van der Waals surface area contributed by atoms with Crippen LogP contribution in [0.15, 0.2) is 60.2 Å². The van der Waals surface area contributed by atoms with Gasteiger partial charge in [-0.3, -0.25) is 9.59 Å². The molecule has 0 saturated heterocycles. The number of aliphatic hydroxyl groups is 1. The van der Waals surface area contributed by atoms with Gasteiger partial charge in [0.1, 0.15) is 12.0 Å². The van der Waals surface area contributed by atoms with E-state index < -0.39 is 17.7 Å². The Bertz CT molecular complexity index is 1450. The molecule has 0 aliphatic heterocycles. The number of alkyl halides is 1. The van der Waals surface area contributed by atoms with Crippen LogP contribution in [0.5, 0.6) is 0 Å². The lowest BCUT2D eigenvalue weighted by Gasteiger charge is -2.22. The Labute approximate surface area is 229 Å². The van der Waals surface area contributed by atoms with Crippen LogP contribution in [-0.4, -0.2) is 51.8 Å². The molecule has 0 radical (unpaired) electrons. The van der Waals surface area contributed by atoms with Gasteiger partial charge in [-0.1, -0.05) is 6.92 Å². The fourth-order valence-corrected chi connectivity index (χ4v) is 4.33. The normalized spacial score (nSPS) is 12.1. The minimum absolute atomic E-state index is 0.163. The zero-order valence-electron chi connectivity index (χ0n) is 21.9. The molecule has 204 valence electrons. The standard InChI is InChI=1S/C28H31FN6O3S/c1-4-11-30-26(36)17-5-7-18(8-6-17)34-22-13-25(35-19-9-10-21-23(12-19)39-16-33-21)31-14-20(22)27(37)32-15-24(29)28(2,3)38/h5-10,12-14,16,24,38H,4,11,15H2,1-3H3,(H,30,36)(H,32,37)(H2,31,34,35). The van der Waals surface area contributed by atoms with E-state index in [9.17, 15) is 19.1 Å². The number of nitrogens with zero attached hydrogens (tertiary/aromatic N) is 2. The Hall–Kier alpha value is -4.09. The summed E-state index contributed by atoms with van der Waals surface area (Å²) >= 11 is 1.53. The summed E-state index contributed by atoms with van der Waals surface area (Å²) in [5.74, 6) is -0.234. The zero-order chi connectivity index (χ0) is 28.0. The van der Waals surface area contributed by atoms with Crippen LogP contribution in [0.4, 0.5) is 27.3 Å². The van der Waals surface area contributed by atoms with Crippen molar-refractivity contribution in [3.8, 4) is 0 Å². The number of aromatic nitrogens is 2. The van der Waals surface area contributed by atoms with Crippen LogP contribution in [0.25, 0.3) is 10.2 Å². The number of fused-ring (bicyclic) bond motifs is 1. The minimum Gasteiger partial charge on any atom is -0.387 e. The highest BCUT2D eigenvalue weighted by Gasteiger charge is 2.27. The molecule has 0 aliphatic rings. The first-order valence-corrected chi connectivity index (χ1v) is 13.4. The van der Waals surface area contributed by atoms with Gasteiger partial charge < -0.3 is 26.4 Å². The van der Waals surface area contributed by atoms with Crippen molar-refractivity contribution in [2.24, 2.45) is 0 Å². The highest BCUT2D eigenvalue weighted by molar-refractivity contribution is 7.16. The number of nitrogens with one attached hydrogen (secondary N) is 4. The van der Waals surface area contributed by atoms with Crippen molar-refractivity contribution in [1.82, 2.24) is 20.6 Å². The molecule has 9 nitrogen and oxygen atoms in total. The molecule has 0 spiro atoms. The molecule has 0 saturated carbocycles. The van der Waals surface area contributed by atoms with Crippen molar-refractivity contribution in [2.45, 2.75) is 39.0 Å². The van der Waals surface area contributed by atoms with E-state index in [1.165, 1.54) is 31.4 Å². The monoisotopic (exact) mass is 550 g/mol. The number of hydrogen-bond donors (Lipinski definition) is 5. The summed E-state index contributed by atoms with van der Waals surface area (Å²) in [6.07, 6.45) is 0.584. The van der Waals surface area contributed by atoms with Gasteiger partial charge in [-0.25, -0.2) is 14.4 Å². The second-order valence-corrected chi connectivity index (χ2v) is 10.5. The molecule has 5 N–H and O–H groups in total. The maximum atomic E-state index is 14.3. The summed E-state index contributed by atoms with van der Waals surface area (Å²) in [7, 11) is 0. The van der Waals surface area contributed by atoms with Crippen molar-refractivity contribution in [3.63, 3.8) is 0 Å². The molecular weight excluding hydrogens is 519 g/mol. The number of thiazole rings is 1. The highest BCUT2D eigenvalue weighted by atomic mass is 32.1. The van der Waals surface area contributed by atoms with E-state index in [1.807, 2.05) is 25.1 Å². The molecule has 0 bridgehead atoms. The number of carbonyl (C=O) groups excluding carboxylic acids is 2. The number of halogens is 1. The average Bonchev–Trinajstić information content (AvgIpc) is 3.38. The molecule has 2 aromatic carbocycles. The van der Waals surface area contributed by atoms with E-state index in [0.29, 0.717) is 29.3 Å². The highest BCUT2D eigenvalue weighted by Crippen LogP contribution is 2.28. The van der Waals surface area contributed by atoms with Crippen molar-refractivity contribution in [2.75, 3.05) is 23.7 Å². The molecule has 0 aliphatic carbocycles. The Morgan fingerprint density at radius 3 is 2.46 bits per heavy atom. The molecule has 2 amide bonds. The molecule has 39 heavy (non-hydrogen) atoms. The zero-order valence-corrected chi connectivity index (χ0v) is 22.7. The summed E-state index contributed by atoms with van der Waals surface area (Å²) in [5.41, 5.74) is 3.65. The number of anilines is 4. The van der Waals surface area contributed by atoms with Crippen LogP contribution >= 0.6 is 11.3 Å². The van der Waals surface area contributed by atoms with Gasteiger partial charge in [-0.15, -0.1) is 11.3 Å². The lowest BCUT2D eigenvalue weighted by molar-refractivity contribution is -0.00177. The topological polar surface area (TPSA) is 128 Å². The molecule has 11 heteroatoms. The van der Waals surface area contributed by atoms with E-state index in [0.717, 1.165) is 22.3 Å². The summed E-state index contributed by atoms with van der Waals surface area (Å²) in [5, 5.41) is 21.7. The van der Waals surface area contributed by atoms with E-state index in [-0.39, 0.29) is 18.0 Å². The van der Waals surface area contributed by atoms with E-state index in [4.69, 9.17) is 0 Å². The lowest BCUT2D eigenvalue weighted by atomic mass is 10.0. The minimum atomic E-state index is -1.65. The van der Waals surface area contributed by atoms with Gasteiger partial charge in [-0.05, 0) is 62.7 Å². The van der Waals surface area contributed by atoms with Gasteiger partial charge in [0, 0.05) is 35.7 Å². The summed E-state index contributed by atoms with van der Waals surface area (Å²) in [4.78, 5) is 33.9. The average molecular weight is 551 g/mol. The predicted molar refractivity (Wildman–Crippen MR) is 153 cm³/mol. The molecule has 4 rings (SSSR count). The van der Waals surface area contributed by atoms with Crippen LogP contribution in [0.3, 0.4) is 0 Å². The van der Waals surface area contributed by atoms with Crippen molar-refractivity contribution < 1.29 is 19.1 Å². The van der Waals surface area contributed by atoms with E-state index in [2.05, 4.69) is 31.2 Å². The second-order valence-electron chi connectivity index (χ2n) is 9.56. The van der Waals surface area contributed by atoms with Gasteiger partial charge in [0.25, 0.3) is 11.8 Å². The molecule has 1 unspecified atom stereocenters. The quantitative estimate of drug-likeness (QED) is 0.175. The molecule has 0 fully saturated rings. The Balaban J connectivity index is 1.58. The maximum absolute atomic E-state index is 14.3. The van der Waals surface area contributed by atoms with E-state index >= 15 is 0 Å². The number of rotatable bonds is 11. The number of benzene rings is 2. The Morgan fingerprint density at radius 1 is 1.00 bits per heavy atom. The lowest BCUT2D eigenvalue weighted by Crippen LogP contribution is -2.42. The number of amides is 2. The fraction of sp³-hybridized carbons (Fsp3) is 0.286. The van der Waals surface area contributed by atoms with Crippen LogP contribution < -0.4 is 21.3 Å². The van der Waals surface area contributed by atoms with Crippen LogP contribution in [0, 0.1) is 0 Å². The number of pyridine rings is 1. The first-order valence-electron chi connectivity index (χ1n) is 12.5. The summed E-state index contributed by atoms with van der Waals surface area (Å²) < 4.78 is 15.3. The first kappa shape index (κ1) is 27.9. The van der Waals surface area contributed by atoms with Crippen molar-refractivity contribution in [3.05, 3.63) is 71.4 Å². The molecular formula is C28H31FN6O3S. The summed E-state index contributed by atoms with van der Waals surface area (Å²) in [6, 6.07) is 14.3. The largest absolute Gasteiger partial charge is 0.387 e. The second kappa shape index (κ2) is 12.2. The third-order valence-electron chi connectivity index (χ3n) is 5.92. The summed E-state index contributed by atoms with van der Waals surface area (Å²) in [6.45, 7) is 4.89. The third kappa shape index (κ3) is 7.27. The Morgan fingerprint density at radius 2 is 1.74 bits per heavy atom. The Kier molecular flexibility index (Phi) is 8.72. The molecule has 2 heterocycles. The van der Waals surface area contributed by atoms with Gasteiger partial charge >= 0.3 is 0 Å². The molecule has 2 aromatic heterocycles.